The standard InChI is InChI=1S/C13H13BrClN3O/c1-7(2)12-17-11(15)8(3)13(18-12)19-10-4-9(14)5-16-6-10/h4-7H,1-3H3. The molecule has 0 radical (unpaired) electrons. The van der Waals surface area contributed by atoms with Gasteiger partial charge in [-0.05, 0) is 28.9 Å². The zero-order valence-electron chi connectivity index (χ0n) is 10.8. The van der Waals surface area contributed by atoms with Gasteiger partial charge in [-0.15, -0.1) is 0 Å². The Balaban J connectivity index is 2.39. The molecule has 2 heterocycles. The smallest absolute Gasteiger partial charge is 0.227 e. The van der Waals surface area contributed by atoms with E-state index in [0.717, 1.165) is 4.47 Å². The van der Waals surface area contributed by atoms with E-state index in [1.807, 2.05) is 26.8 Å². The predicted octanol–water partition coefficient (Wildman–Crippen LogP) is 4.51. The van der Waals surface area contributed by atoms with Gasteiger partial charge in [-0.3, -0.25) is 4.98 Å². The monoisotopic (exact) mass is 341 g/mol. The number of ether oxygens (including phenoxy) is 1. The first-order valence-electron chi connectivity index (χ1n) is 5.80. The molecular weight excluding hydrogens is 330 g/mol. The van der Waals surface area contributed by atoms with Gasteiger partial charge in [-0.1, -0.05) is 25.4 Å². The van der Waals surface area contributed by atoms with Gasteiger partial charge >= 0.3 is 0 Å². The zero-order valence-corrected chi connectivity index (χ0v) is 13.2. The van der Waals surface area contributed by atoms with Crippen LogP contribution in [0.4, 0.5) is 0 Å². The van der Waals surface area contributed by atoms with Gasteiger partial charge in [-0.2, -0.15) is 4.98 Å². The first-order chi connectivity index (χ1) is 8.97. The minimum absolute atomic E-state index is 0.182. The fraction of sp³-hybridized carbons (Fsp3) is 0.308. The average Bonchev–Trinajstić information content (AvgIpc) is 2.34. The van der Waals surface area contributed by atoms with Crippen LogP contribution in [-0.4, -0.2) is 15.0 Å². The lowest BCUT2D eigenvalue weighted by atomic mass is 10.2. The highest BCUT2D eigenvalue weighted by atomic mass is 79.9. The van der Waals surface area contributed by atoms with Crippen molar-refractivity contribution in [3.63, 3.8) is 0 Å². The van der Waals surface area contributed by atoms with E-state index in [0.29, 0.717) is 28.2 Å². The molecule has 0 amide bonds. The van der Waals surface area contributed by atoms with Crippen LogP contribution in [0.15, 0.2) is 22.9 Å². The molecule has 0 aromatic carbocycles. The maximum atomic E-state index is 6.10. The van der Waals surface area contributed by atoms with Crippen molar-refractivity contribution in [2.45, 2.75) is 26.7 Å². The highest BCUT2D eigenvalue weighted by molar-refractivity contribution is 9.10. The normalized spacial score (nSPS) is 10.8. The largest absolute Gasteiger partial charge is 0.437 e. The maximum Gasteiger partial charge on any atom is 0.227 e. The minimum atomic E-state index is 0.182. The summed E-state index contributed by atoms with van der Waals surface area (Å²) < 4.78 is 6.57. The van der Waals surface area contributed by atoms with Crippen LogP contribution < -0.4 is 4.74 Å². The van der Waals surface area contributed by atoms with Crippen molar-refractivity contribution in [2.24, 2.45) is 0 Å². The molecule has 6 heteroatoms. The van der Waals surface area contributed by atoms with Crippen molar-refractivity contribution in [3.8, 4) is 11.6 Å². The summed E-state index contributed by atoms with van der Waals surface area (Å²) in [4.78, 5) is 12.7. The first kappa shape index (κ1) is 14.2. The van der Waals surface area contributed by atoms with Crippen molar-refractivity contribution in [3.05, 3.63) is 39.5 Å². The molecule has 0 N–H and O–H groups in total. The van der Waals surface area contributed by atoms with Gasteiger partial charge in [0.1, 0.15) is 16.7 Å². The summed E-state index contributed by atoms with van der Waals surface area (Å²) in [6.45, 7) is 5.84. The molecule has 100 valence electrons. The van der Waals surface area contributed by atoms with Crippen molar-refractivity contribution in [2.75, 3.05) is 0 Å². The molecule has 0 aliphatic heterocycles. The lowest BCUT2D eigenvalue weighted by Crippen LogP contribution is -2.02. The summed E-state index contributed by atoms with van der Waals surface area (Å²) in [6.07, 6.45) is 3.31. The van der Waals surface area contributed by atoms with Gasteiger partial charge in [0, 0.05) is 22.2 Å². The minimum Gasteiger partial charge on any atom is -0.437 e. The van der Waals surface area contributed by atoms with Crippen LogP contribution in [-0.2, 0) is 0 Å². The Morgan fingerprint density at radius 1 is 1.26 bits per heavy atom. The summed E-state index contributed by atoms with van der Waals surface area (Å²) >= 11 is 9.45. The first-order valence-corrected chi connectivity index (χ1v) is 6.97. The number of rotatable bonds is 3. The second kappa shape index (κ2) is 5.84. The molecule has 2 rings (SSSR count). The SMILES string of the molecule is Cc1c(Cl)nc(C(C)C)nc1Oc1cncc(Br)c1. The lowest BCUT2D eigenvalue weighted by Gasteiger charge is -2.11. The quantitative estimate of drug-likeness (QED) is 0.770. The molecule has 19 heavy (non-hydrogen) atoms. The van der Waals surface area contributed by atoms with E-state index in [2.05, 4.69) is 30.9 Å². The van der Waals surface area contributed by atoms with Gasteiger partial charge in [-0.25, -0.2) is 4.98 Å². The van der Waals surface area contributed by atoms with Crippen LogP contribution in [0, 0.1) is 6.92 Å². The van der Waals surface area contributed by atoms with Crippen molar-refractivity contribution < 1.29 is 4.74 Å². The average molecular weight is 343 g/mol. The Bertz CT molecular complexity index is 604. The molecule has 0 unspecified atom stereocenters. The van der Waals surface area contributed by atoms with Crippen molar-refractivity contribution in [1.29, 1.82) is 0 Å². The summed E-state index contributed by atoms with van der Waals surface area (Å²) in [5, 5.41) is 0.414. The van der Waals surface area contributed by atoms with Crippen LogP contribution >= 0.6 is 27.5 Å². The molecule has 4 nitrogen and oxygen atoms in total. The Morgan fingerprint density at radius 3 is 2.63 bits per heavy atom. The number of halogens is 2. The highest BCUT2D eigenvalue weighted by Crippen LogP contribution is 2.29. The second-order valence-electron chi connectivity index (χ2n) is 4.40. The van der Waals surface area contributed by atoms with Crippen LogP contribution in [0.2, 0.25) is 5.15 Å². The molecule has 0 spiro atoms. The van der Waals surface area contributed by atoms with E-state index in [9.17, 15) is 0 Å². The number of nitrogens with zero attached hydrogens (tertiary/aromatic N) is 3. The molecule has 2 aromatic heterocycles. The van der Waals surface area contributed by atoms with Gasteiger partial charge in [0.2, 0.25) is 5.88 Å². The summed E-state index contributed by atoms with van der Waals surface area (Å²) in [5.74, 6) is 1.90. The van der Waals surface area contributed by atoms with Crippen LogP contribution in [0.25, 0.3) is 0 Å². The fourth-order valence-electron chi connectivity index (χ4n) is 1.40. The summed E-state index contributed by atoms with van der Waals surface area (Å²) in [5.41, 5.74) is 0.714. The van der Waals surface area contributed by atoms with E-state index in [-0.39, 0.29) is 5.92 Å². The number of hydrogen-bond donors (Lipinski definition) is 0. The molecule has 0 fully saturated rings. The van der Waals surface area contributed by atoms with Crippen LogP contribution in [0.3, 0.4) is 0 Å². The Labute approximate surface area is 125 Å². The molecule has 0 bridgehead atoms. The molecular formula is C13H13BrClN3O. The van der Waals surface area contributed by atoms with Gasteiger partial charge in [0.25, 0.3) is 0 Å². The predicted molar refractivity (Wildman–Crippen MR) is 77.9 cm³/mol. The molecule has 0 atom stereocenters. The molecule has 0 saturated heterocycles. The van der Waals surface area contributed by atoms with E-state index >= 15 is 0 Å². The number of hydrogen-bond acceptors (Lipinski definition) is 4. The third-order valence-corrected chi connectivity index (χ3v) is 3.27. The third kappa shape index (κ3) is 3.42. The number of pyridine rings is 1. The Kier molecular flexibility index (Phi) is 4.37. The zero-order chi connectivity index (χ0) is 14.0. The second-order valence-corrected chi connectivity index (χ2v) is 5.67. The van der Waals surface area contributed by atoms with E-state index in [1.54, 1.807) is 12.4 Å². The summed E-state index contributed by atoms with van der Waals surface area (Å²) in [6, 6.07) is 1.82. The van der Waals surface area contributed by atoms with Gasteiger partial charge in [0.05, 0.1) is 6.20 Å². The van der Waals surface area contributed by atoms with Gasteiger partial charge in [0.15, 0.2) is 0 Å². The van der Waals surface area contributed by atoms with Crippen molar-refractivity contribution in [1.82, 2.24) is 15.0 Å². The van der Waals surface area contributed by atoms with Gasteiger partial charge < -0.3 is 4.74 Å². The molecule has 2 aromatic rings. The van der Waals surface area contributed by atoms with E-state index < -0.39 is 0 Å². The highest BCUT2D eigenvalue weighted by Gasteiger charge is 2.13. The van der Waals surface area contributed by atoms with Crippen LogP contribution in [0.5, 0.6) is 11.6 Å². The van der Waals surface area contributed by atoms with E-state index in [4.69, 9.17) is 16.3 Å². The van der Waals surface area contributed by atoms with E-state index in [1.165, 1.54) is 0 Å². The Morgan fingerprint density at radius 2 is 2.00 bits per heavy atom. The fourth-order valence-corrected chi connectivity index (χ4v) is 1.91. The number of aromatic nitrogens is 3. The molecule has 0 aliphatic rings. The van der Waals surface area contributed by atoms with Crippen LogP contribution in [0.1, 0.15) is 31.2 Å². The lowest BCUT2D eigenvalue weighted by molar-refractivity contribution is 0.450. The summed E-state index contributed by atoms with van der Waals surface area (Å²) in [7, 11) is 0. The Hall–Kier alpha value is -1.20. The topological polar surface area (TPSA) is 47.9 Å². The molecule has 0 saturated carbocycles. The van der Waals surface area contributed by atoms with Crippen molar-refractivity contribution >= 4 is 27.5 Å². The maximum absolute atomic E-state index is 6.10. The molecule has 0 aliphatic carbocycles. The third-order valence-electron chi connectivity index (χ3n) is 2.47.